The molecule has 0 aromatic carbocycles. The third-order valence-electron chi connectivity index (χ3n) is 2.95. The Morgan fingerprint density at radius 1 is 1.37 bits per heavy atom. The van der Waals surface area contributed by atoms with Crippen molar-refractivity contribution in [2.24, 2.45) is 0 Å². The van der Waals surface area contributed by atoms with Gasteiger partial charge in [-0.25, -0.2) is 4.98 Å². The molecule has 0 aliphatic heterocycles. The summed E-state index contributed by atoms with van der Waals surface area (Å²) in [6.07, 6.45) is 1.68. The molecule has 0 spiro atoms. The quantitative estimate of drug-likeness (QED) is 0.937. The summed E-state index contributed by atoms with van der Waals surface area (Å²) in [6.45, 7) is 7.78. The van der Waals surface area contributed by atoms with Crippen LogP contribution in [0.25, 0.3) is 0 Å². The molecule has 0 radical (unpaired) electrons. The van der Waals surface area contributed by atoms with Gasteiger partial charge in [-0.3, -0.25) is 9.78 Å². The fourth-order valence-electron chi connectivity index (χ4n) is 2.01. The molecule has 2 aromatic rings. The van der Waals surface area contributed by atoms with Crippen LogP contribution in [0.5, 0.6) is 0 Å². The van der Waals surface area contributed by atoms with Crippen LogP contribution in [0.1, 0.15) is 44.6 Å². The first kappa shape index (κ1) is 13.7. The van der Waals surface area contributed by atoms with E-state index in [2.05, 4.69) is 15.3 Å². The lowest BCUT2D eigenvalue weighted by Gasteiger charge is -2.13. The SMILES string of the molecule is Cc1nc([C@@H](C)NC(=O)c2cccnc2C)c(C)s1. The summed E-state index contributed by atoms with van der Waals surface area (Å²) in [7, 11) is 0. The van der Waals surface area contributed by atoms with Gasteiger partial charge in [-0.05, 0) is 39.8 Å². The number of aryl methyl sites for hydroxylation is 3. The molecule has 0 fully saturated rings. The second-order valence-corrected chi connectivity index (χ2v) is 5.91. The zero-order chi connectivity index (χ0) is 14.0. The van der Waals surface area contributed by atoms with Crippen molar-refractivity contribution in [1.29, 1.82) is 0 Å². The third-order valence-corrected chi connectivity index (χ3v) is 3.85. The number of pyridine rings is 1. The number of rotatable bonds is 3. The third kappa shape index (κ3) is 2.98. The van der Waals surface area contributed by atoms with Crippen molar-refractivity contribution in [3.63, 3.8) is 0 Å². The Bertz CT molecular complexity index is 606. The summed E-state index contributed by atoms with van der Waals surface area (Å²) >= 11 is 1.65. The first-order valence-corrected chi connectivity index (χ1v) is 6.97. The van der Waals surface area contributed by atoms with Gasteiger partial charge in [0.1, 0.15) is 0 Å². The fourth-order valence-corrected chi connectivity index (χ4v) is 2.93. The van der Waals surface area contributed by atoms with E-state index in [1.807, 2.05) is 27.7 Å². The van der Waals surface area contributed by atoms with Crippen molar-refractivity contribution in [2.45, 2.75) is 33.7 Å². The summed E-state index contributed by atoms with van der Waals surface area (Å²) in [5.41, 5.74) is 2.29. The van der Waals surface area contributed by atoms with Gasteiger partial charge < -0.3 is 5.32 Å². The maximum absolute atomic E-state index is 12.2. The number of carbonyl (C=O) groups is 1. The molecule has 1 atom stereocenters. The van der Waals surface area contributed by atoms with E-state index < -0.39 is 0 Å². The van der Waals surface area contributed by atoms with Crippen LogP contribution in [-0.4, -0.2) is 15.9 Å². The fraction of sp³-hybridized carbons (Fsp3) is 0.357. The molecule has 4 nitrogen and oxygen atoms in total. The number of nitrogens with zero attached hydrogens (tertiary/aromatic N) is 2. The normalized spacial score (nSPS) is 12.2. The molecule has 2 rings (SSSR count). The minimum Gasteiger partial charge on any atom is -0.344 e. The van der Waals surface area contributed by atoms with Crippen LogP contribution in [0.2, 0.25) is 0 Å². The number of thiazole rings is 1. The molecule has 0 unspecified atom stereocenters. The molecule has 0 aliphatic carbocycles. The van der Waals surface area contributed by atoms with Gasteiger partial charge in [0.05, 0.1) is 22.3 Å². The minimum absolute atomic E-state index is 0.0999. The van der Waals surface area contributed by atoms with E-state index in [0.29, 0.717) is 5.56 Å². The van der Waals surface area contributed by atoms with E-state index in [0.717, 1.165) is 21.3 Å². The Balaban J connectivity index is 2.15. The number of aromatic nitrogens is 2. The average molecular weight is 275 g/mol. The van der Waals surface area contributed by atoms with Crippen LogP contribution < -0.4 is 5.32 Å². The van der Waals surface area contributed by atoms with E-state index in [9.17, 15) is 4.79 Å². The van der Waals surface area contributed by atoms with Crippen molar-refractivity contribution in [1.82, 2.24) is 15.3 Å². The van der Waals surface area contributed by atoms with Gasteiger partial charge in [0.25, 0.3) is 5.91 Å². The first-order chi connectivity index (χ1) is 8.99. The van der Waals surface area contributed by atoms with Crippen LogP contribution in [0.3, 0.4) is 0 Å². The predicted molar refractivity (Wildman–Crippen MR) is 76.4 cm³/mol. The molecule has 5 heteroatoms. The van der Waals surface area contributed by atoms with E-state index >= 15 is 0 Å². The average Bonchev–Trinajstić information content (AvgIpc) is 2.69. The maximum Gasteiger partial charge on any atom is 0.253 e. The topological polar surface area (TPSA) is 54.9 Å². The zero-order valence-corrected chi connectivity index (χ0v) is 12.3. The van der Waals surface area contributed by atoms with Gasteiger partial charge in [0.15, 0.2) is 0 Å². The van der Waals surface area contributed by atoms with Crippen LogP contribution >= 0.6 is 11.3 Å². The highest BCUT2D eigenvalue weighted by Crippen LogP contribution is 2.22. The Morgan fingerprint density at radius 3 is 2.68 bits per heavy atom. The summed E-state index contributed by atoms with van der Waals surface area (Å²) in [5, 5.41) is 3.99. The van der Waals surface area contributed by atoms with Gasteiger partial charge in [-0.15, -0.1) is 11.3 Å². The Hall–Kier alpha value is -1.75. The molecule has 0 aliphatic rings. The second kappa shape index (κ2) is 5.48. The number of hydrogen-bond donors (Lipinski definition) is 1. The molecule has 19 heavy (non-hydrogen) atoms. The predicted octanol–water partition coefficient (Wildman–Crippen LogP) is 2.95. The summed E-state index contributed by atoms with van der Waals surface area (Å²) in [6, 6.07) is 3.45. The van der Waals surface area contributed by atoms with Crippen molar-refractivity contribution >= 4 is 17.2 Å². The monoisotopic (exact) mass is 275 g/mol. The highest BCUT2D eigenvalue weighted by atomic mass is 32.1. The van der Waals surface area contributed by atoms with E-state index in [1.54, 1.807) is 29.7 Å². The number of carbonyl (C=O) groups excluding carboxylic acids is 1. The molecule has 2 aromatic heterocycles. The van der Waals surface area contributed by atoms with Gasteiger partial charge in [0.2, 0.25) is 0 Å². The first-order valence-electron chi connectivity index (χ1n) is 6.15. The summed E-state index contributed by atoms with van der Waals surface area (Å²) in [4.78, 5) is 21.9. The standard InChI is InChI=1S/C14H17N3OS/c1-8-12(6-5-7-15-8)14(18)16-9(2)13-10(3)19-11(4)17-13/h5-7,9H,1-4H3,(H,16,18)/t9-/m1/s1. The Kier molecular flexibility index (Phi) is 3.95. The van der Waals surface area contributed by atoms with Gasteiger partial charge in [-0.1, -0.05) is 0 Å². The maximum atomic E-state index is 12.2. The lowest BCUT2D eigenvalue weighted by Crippen LogP contribution is -2.28. The number of hydrogen-bond acceptors (Lipinski definition) is 4. The van der Waals surface area contributed by atoms with E-state index in [-0.39, 0.29) is 11.9 Å². The highest BCUT2D eigenvalue weighted by Gasteiger charge is 2.17. The molecule has 0 saturated heterocycles. The summed E-state index contributed by atoms with van der Waals surface area (Å²) < 4.78 is 0. The van der Waals surface area contributed by atoms with Crippen molar-refractivity contribution in [2.75, 3.05) is 0 Å². The van der Waals surface area contributed by atoms with Crippen molar-refractivity contribution < 1.29 is 4.79 Å². The molecular weight excluding hydrogens is 258 g/mol. The molecule has 100 valence electrons. The smallest absolute Gasteiger partial charge is 0.253 e. The van der Waals surface area contributed by atoms with Crippen molar-refractivity contribution in [3.05, 3.63) is 45.2 Å². The van der Waals surface area contributed by atoms with E-state index in [1.165, 1.54) is 0 Å². The van der Waals surface area contributed by atoms with Crippen LogP contribution in [-0.2, 0) is 0 Å². The van der Waals surface area contributed by atoms with Gasteiger partial charge in [-0.2, -0.15) is 0 Å². The van der Waals surface area contributed by atoms with Crippen LogP contribution in [0, 0.1) is 20.8 Å². The van der Waals surface area contributed by atoms with Crippen LogP contribution in [0.4, 0.5) is 0 Å². The van der Waals surface area contributed by atoms with Crippen molar-refractivity contribution in [3.8, 4) is 0 Å². The number of nitrogens with one attached hydrogen (secondary N) is 1. The Labute approximate surface area is 116 Å². The molecule has 2 heterocycles. The Morgan fingerprint density at radius 2 is 2.11 bits per heavy atom. The molecule has 1 amide bonds. The lowest BCUT2D eigenvalue weighted by atomic mass is 10.1. The zero-order valence-electron chi connectivity index (χ0n) is 11.5. The van der Waals surface area contributed by atoms with Gasteiger partial charge in [0, 0.05) is 16.8 Å². The van der Waals surface area contributed by atoms with Crippen LogP contribution in [0.15, 0.2) is 18.3 Å². The number of amides is 1. The lowest BCUT2D eigenvalue weighted by molar-refractivity contribution is 0.0938. The summed E-state index contributed by atoms with van der Waals surface area (Å²) in [5.74, 6) is -0.108. The molecular formula is C14H17N3OS. The molecule has 1 N–H and O–H groups in total. The molecule has 0 bridgehead atoms. The largest absolute Gasteiger partial charge is 0.344 e. The minimum atomic E-state index is -0.108. The highest BCUT2D eigenvalue weighted by molar-refractivity contribution is 7.11. The van der Waals surface area contributed by atoms with Gasteiger partial charge >= 0.3 is 0 Å². The second-order valence-electron chi connectivity index (χ2n) is 4.51. The molecule has 0 saturated carbocycles. The van der Waals surface area contributed by atoms with E-state index in [4.69, 9.17) is 0 Å².